The number of amides is 2. The maximum absolute atomic E-state index is 12.7. The third kappa shape index (κ3) is 5.52. The second kappa shape index (κ2) is 8.98. The fourth-order valence-electron chi connectivity index (χ4n) is 3.10. The summed E-state index contributed by atoms with van der Waals surface area (Å²) in [5, 5.41) is 9.54. The molecule has 4 rings (SSSR count). The number of anilines is 2. The molecule has 0 fully saturated rings. The summed E-state index contributed by atoms with van der Waals surface area (Å²) in [5.41, 5.74) is 1.77. The summed E-state index contributed by atoms with van der Waals surface area (Å²) in [6.45, 7) is 4.40. The summed E-state index contributed by atoms with van der Waals surface area (Å²) in [5.74, 6) is 0.0304. The van der Waals surface area contributed by atoms with Crippen molar-refractivity contribution in [1.29, 1.82) is 0 Å². The van der Waals surface area contributed by atoms with Gasteiger partial charge in [-0.2, -0.15) is 13.2 Å². The summed E-state index contributed by atoms with van der Waals surface area (Å²) in [4.78, 5) is 21.0. The minimum atomic E-state index is -4.61. The lowest BCUT2D eigenvalue weighted by atomic mass is 10.1. The highest BCUT2D eigenvalue weighted by Gasteiger charge is 2.32. The van der Waals surface area contributed by atoms with Crippen LogP contribution in [0.4, 0.5) is 29.5 Å². The molecule has 0 saturated heterocycles. The van der Waals surface area contributed by atoms with E-state index in [0.717, 1.165) is 39.0 Å². The predicted octanol–water partition coefficient (Wildman–Crippen LogP) is 4.81. The van der Waals surface area contributed by atoms with Crippen LogP contribution in [0, 0.1) is 13.8 Å². The van der Waals surface area contributed by atoms with Crippen molar-refractivity contribution in [3.05, 3.63) is 69.9 Å². The molecule has 0 aliphatic heterocycles. The topological polar surface area (TPSA) is 96.8 Å². The normalized spacial score (nSPS) is 11.4. The Morgan fingerprint density at radius 3 is 2.58 bits per heavy atom. The first-order valence-corrected chi connectivity index (χ1v) is 10.5. The molecule has 33 heavy (non-hydrogen) atoms. The Kier molecular flexibility index (Phi) is 6.09. The van der Waals surface area contributed by atoms with Gasteiger partial charge < -0.3 is 5.32 Å². The largest absolute Gasteiger partial charge is 0.433 e. The SMILES string of the molecule is Cc1nc(-c2ccc(C[n+]3cc(NC(=O)Nc4ccnc(C(F)(F)F)c4)on3)cc2)c(C)s1. The van der Waals surface area contributed by atoms with E-state index in [2.05, 4.69) is 25.9 Å². The molecule has 0 spiro atoms. The first-order valence-electron chi connectivity index (χ1n) is 9.68. The molecular formula is C21H18F3N6O2S+. The molecular weight excluding hydrogens is 457 g/mol. The maximum atomic E-state index is 12.7. The third-order valence-corrected chi connectivity index (χ3v) is 5.42. The van der Waals surface area contributed by atoms with Crippen LogP contribution in [0.2, 0.25) is 0 Å². The molecule has 0 aliphatic carbocycles. The van der Waals surface area contributed by atoms with Gasteiger partial charge in [-0.3, -0.25) is 14.8 Å². The zero-order chi connectivity index (χ0) is 23.6. The summed E-state index contributed by atoms with van der Waals surface area (Å²) < 4.78 is 44.8. The number of aromatic nitrogens is 4. The zero-order valence-electron chi connectivity index (χ0n) is 17.5. The number of hydrogen-bond acceptors (Lipinski definition) is 6. The molecule has 12 heteroatoms. The van der Waals surface area contributed by atoms with Gasteiger partial charge in [-0.1, -0.05) is 24.3 Å². The van der Waals surface area contributed by atoms with E-state index in [1.165, 1.54) is 16.9 Å². The van der Waals surface area contributed by atoms with Gasteiger partial charge in [0.2, 0.25) is 11.8 Å². The third-order valence-electron chi connectivity index (χ3n) is 4.53. The van der Waals surface area contributed by atoms with Gasteiger partial charge in [0.05, 0.1) is 10.7 Å². The second-order valence-corrected chi connectivity index (χ2v) is 8.51. The Balaban J connectivity index is 1.36. The Hall–Kier alpha value is -3.80. The van der Waals surface area contributed by atoms with Crippen LogP contribution < -0.4 is 15.3 Å². The number of urea groups is 1. The average molecular weight is 475 g/mol. The van der Waals surface area contributed by atoms with Crippen molar-refractivity contribution < 1.29 is 27.2 Å². The van der Waals surface area contributed by atoms with Gasteiger partial charge in [-0.15, -0.1) is 11.3 Å². The van der Waals surface area contributed by atoms with E-state index in [4.69, 9.17) is 4.52 Å². The number of thiazole rings is 1. The van der Waals surface area contributed by atoms with Gasteiger partial charge in [-0.05, 0) is 30.7 Å². The Morgan fingerprint density at radius 2 is 1.91 bits per heavy atom. The predicted molar refractivity (Wildman–Crippen MR) is 115 cm³/mol. The summed E-state index contributed by atoms with van der Waals surface area (Å²) in [6.07, 6.45) is -2.18. The molecule has 0 aliphatic rings. The second-order valence-electron chi connectivity index (χ2n) is 7.11. The first kappa shape index (κ1) is 22.4. The number of aryl methyl sites for hydroxylation is 2. The van der Waals surface area contributed by atoms with E-state index in [-0.39, 0.29) is 11.6 Å². The summed E-state index contributed by atoms with van der Waals surface area (Å²) in [7, 11) is 0. The van der Waals surface area contributed by atoms with E-state index in [1.54, 1.807) is 11.3 Å². The van der Waals surface area contributed by atoms with Gasteiger partial charge >= 0.3 is 18.1 Å². The Bertz CT molecular complexity index is 1280. The molecule has 3 aromatic heterocycles. The molecule has 1 aromatic carbocycles. The number of halogens is 3. The minimum Gasteiger partial charge on any atom is -0.308 e. The van der Waals surface area contributed by atoms with Crippen molar-refractivity contribution >= 4 is 28.9 Å². The fourth-order valence-corrected chi connectivity index (χ4v) is 3.94. The first-order chi connectivity index (χ1) is 15.7. The molecule has 4 aromatic rings. The van der Waals surface area contributed by atoms with Crippen LogP contribution in [0.1, 0.15) is 21.1 Å². The molecule has 0 unspecified atom stereocenters. The van der Waals surface area contributed by atoms with Crippen LogP contribution in [0.3, 0.4) is 0 Å². The number of hydrogen-bond donors (Lipinski definition) is 2. The van der Waals surface area contributed by atoms with Gasteiger partial charge in [-0.25, -0.2) is 9.78 Å². The lowest BCUT2D eigenvalue weighted by Crippen LogP contribution is -2.35. The van der Waals surface area contributed by atoms with Crippen LogP contribution in [-0.2, 0) is 12.7 Å². The van der Waals surface area contributed by atoms with Gasteiger partial charge in [0.1, 0.15) is 5.69 Å². The van der Waals surface area contributed by atoms with E-state index in [9.17, 15) is 18.0 Å². The standard InChI is InChI=1S/C21H17F3N6O2S/c1-12-19(26-13(2)33-12)15-5-3-14(4-6-15)10-30-11-18(32-29-30)28-20(31)27-16-7-8-25-17(9-16)21(22,23)24/h3-9,11H,10H2,1-2H3,(H-,25,27,28,29,31)/p+1. The Labute approximate surface area is 190 Å². The highest BCUT2D eigenvalue weighted by molar-refractivity contribution is 7.11. The van der Waals surface area contributed by atoms with Gasteiger partial charge in [0, 0.05) is 27.9 Å². The number of nitrogens with zero attached hydrogens (tertiary/aromatic N) is 4. The number of rotatable bonds is 5. The number of benzene rings is 1. The molecule has 0 saturated carbocycles. The highest BCUT2D eigenvalue weighted by atomic mass is 32.1. The van der Waals surface area contributed by atoms with Crippen molar-refractivity contribution in [3.8, 4) is 11.3 Å². The van der Waals surface area contributed by atoms with E-state index in [1.807, 2.05) is 38.1 Å². The van der Waals surface area contributed by atoms with Gasteiger partial charge in [0.25, 0.3) is 6.20 Å². The molecule has 8 nitrogen and oxygen atoms in total. The molecule has 170 valence electrons. The Morgan fingerprint density at radius 1 is 1.15 bits per heavy atom. The van der Waals surface area contributed by atoms with Crippen molar-refractivity contribution in [2.75, 3.05) is 10.6 Å². The minimum absolute atomic E-state index is 0.0304. The van der Waals surface area contributed by atoms with Crippen molar-refractivity contribution in [3.63, 3.8) is 0 Å². The lowest BCUT2D eigenvalue weighted by molar-refractivity contribution is -0.754. The van der Waals surface area contributed by atoms with Crippen molar-refractivity contribution in [1.82, 2.24) is 15.2 Å². The monoisotopic (exact) mass is 475 g/mol. The number of alkyl halides is 3. The van der Waals surface area contributed by atoms with Crippen LogP contribution in [0.5, 0.6) is 0 Å². The molecule has 0 atom stereocenters. The molecule has 2 amide bonds. The maximum Gasteiger partial charge on any atom is 0.433 e. The van der Waals surface area contributed by atoms with Crippen LogP contribution in [-0.4, -0.2) is 21.3 Å². The number of nitrogens with one attached hydrogen (secondary N) is 2. The van der Waals surface area contributed by atoms with Gasteiger partial charge in [0.15, 0.2) is 0 Å². The molecule has 3 heterocycles. The number of carbonyl (C=O) groups is 1. The molecule has 2 N–H and O–H groups in total. The van der Waals surface area contributed by atoms with Crippen LogP contribution in [0.15, 0.2) is 53.3 Å². The van der Waals surface area contributed by atoms with E-state index in [0.29, 0.717) is 6.54 Å². The number of carbonyl (C=O) groups excluding carboxylic acids is 1. The van der Waals surface area contributed by atoms with Crippen molar-refractivity contribution in [2.45, 2.75) is 26.6 Å². The smallest absolute Gasteiger partial charge is 0.308 e. The average Bonchev–Trinajstić information content (AvgIpc) is 3.33. The number of pyridine rings is 1. The molecule has 0 radical (unpaired) electrons. The van der Waals surface area contributed by atoms with Crippen LogP contribution in [0.25, 0.3) is 11.3 Å². The van der Waals surface area contributed by atoms with E-state index >= 15 is 0 Å². The highest BCUT2D eigenvalue weighted by Crippen LogP contribution is 2.29. The molecule has 0 bridgehead atoms. The zero-order valence-corrected chi connectivity index (χ0v) is 18.3. The quantitative estimate of drug-likeness (QED) is 0.404. The summed E-state index contributed by atoms with van der Waals surface area (Å²) >= 11 is 1.65. The fraction of sp³-hybridized carbons (Fsp3) is 0.190. The lowest BCUT2D eigenvalue weighted by Gasteiger charge is -2.08. The van der Waals surface area contributed by atoms with Crippen LogP contribution >= 0.6 is 11.3 Å². The van der Waals surface area contributed by atoms with Crippen molar-refractivity contribution in [2.24, 2.45) is 0 Å². The summed E-state index contributed by atoms with van der Waals surface area (Å²) in [6, 6.07) is 9.06. The van der Waals surface area contributed by atoms with E-state index < -0.39 is 17.9 Å².